The molecular formula is C21H26N4O4S. The highest BCUT2D eigenvalue weighted by Crippen LogP contribution is 2.30. The van der Waals surface area contributed by atoms with E-state index in [1.165, 1.54) is 13.0 Å². The summed E-state index contributed by atoms with van der Waals surface area (Å²) >= 11 is 0. The Hall–Kier alpha value is -2.78. The van der Waals surface area contributed by atoms with Crippen molar-refractivity contribution in [3.63, 3.8) is 0 Å². The van der Waals surface area contributed by atoms with Crippen molar-refractivity contribution in [1.29, 1.82) is 0 Å². The van der Waals surface area contributed by atoms with Gasteiger partial charge in [-0.15, -0.1) is 0 Å². The third-order valence-corrected chi connectivity index (χ3v) is 6.47. The Balaban J connectivity index is 1.81. The zero-order valence-electron chi connectivity index (χ0n) is 17.5. The van der Waals surface area contributed by atoms with Crippen LogP contribution in [0.1, 0.15) is 31.9 Å². The van der Waals surface area contributed by atoms with Gasteiger partial charge in [-0.05, 0) is 60.7 Å². The van der Waals surface area contributed by atoms with Gasteiger partial charge in [0.1, 0.15) is 11.9 Å². The second-order valence-electron chi connectivity index (χ2n) is 7.76. The number of pyridine rings is 1. The largest absolute Gasteiger partial charge is 0.312 e. The summed E-state index contributed by atoms with van der Waals surface area (Å²) in [6.45, 7) is 7.42. The number of rotatable bonds is 6. The van der Waals surface area contributed by atoms with Crippen LogP contribution in [0.25, 0.3) is 0 Å². The van der Waals surface area contributed by atoms with E-state index in [4.69, 9.17) is 0 Å². The summed E-state index contributed by atoms with van der Waals surface area (Å²) in [7, 11) is -3.94. The van der Waals surface area contributed by atoms with Crippen molar-refractivity contribution in [2.75, 3.05) is 16.8 Å². The summed E-state index contributed by atoms with van der Waals surface area (Å²) in [6, 6.07) is 7.21. The maximum atomic E-state index is 13.0. The average Bonchev–Trinajstić information content (AvgIpc) is 3.09. The molecule has 1 atom stereocenters. The SMILES string of the molecule is CC(=O)N1CCc2cc(S(=O)(=O)NC(C(=O)Nc3cc(C)ccn3)C(C)C)ccc21. The molecule has 9 heteroatoms. The van der Waals surface area contributed by atoms with Crippen LogP contribution in [-0.4, -0.2) is 37.8 Å². The molecule has 1 aliphatic heterocycles. The highest BCUT2D eigenvalue weighted by Gasteiger charge is 2.30. The second-order valence-corrected chi connectivity index (χ2v) is 9.48. The van der Waals surface area contributed by atoms with Crippen molar-refractivity contribution < 1.29 is 18.0 Å². The topological polar surface area (TPSA) is 108 Å². The van der Waals surface area contributed by atoms with Crippen molar-refractivity contribution >= 4 is 33.3 Å². The number of nitrogens with one attached hydrogen (secondary N) is 2. The fourth-order valence-electron chi connectivity index (χ4n) is 3.41. The molecule has 30 heavy (non-hydrogen) atoms. The molecule has 3 rings (SSSR count). The molecule has 0 radical (unpaired) electrons. The van der Waals surface area contributed by atoms with Gasteiger partial charge in [0.05, 0.1) is 4.90 Å². The first-order valence-electron chi connectivity index (χ1n) is 9.75. The van der Waals surface area contributed by atoms with Gasteiger partial charge in [-0.2, -0.15) is 4.72 Å². The van der Waals surface area contributed by atoms with E-state index in [1.807, 2.05) is 6.92 Å². The number of aryl methyl sites for hydroxylation is 1. The van der Waals surface area contributed by atoms with Crippen molar-refractivity contribution in [2.24, 2.45) is 5.92 Å². The third-order valence-electron chi connectivity index (χ3n) is 5.03. The lowest BCUT2D eigenvalue weighted by Crippen LogP contribution is -2.47. The van der Waals surface area contributed by atoms with Gasteiger partial charge in [-0.3, -0.25) is 9.59 Å². The highest BCUT2D eigenvalue weighted by molar-refractivity contribution is 7.89. The number of amides is 2. The zero-order valence-corrected chi connectivity index (χ0v) is 18.3. The lowest BCUT2D eigenvalue weighted by Gasteiger charge is -2.22. The number of hydrogen-bond acceptors (Lipinski definition) is 5. The van der Waals surface area contributed by atoms with Crippen LogP contribution in [0.4, 0.5) is 11.5 Å². The van der Waals surface area contributed by atoms with Crippen LogP contribution < -0.4 is 14.9 Å². The van der Waals surface area contributed by atoms with Crippen LogP contribution in [0.3, 0.4) is 0 Å². The van der Waals surface area contributed by atoms with Crippen molar-refractivity contribution in [1.82, 2.24) is 9.71 Å². The molecule has 0 saturated carbocycles. The minimum atomic E-state index is -3.94. The van der Waals surface area contributed by atoms with Crippen LogP contribution in [0.15, 0.2) is 41.4 Å². The second kappa shape index (κ2) is 8.53. The summed E-state index contributed by atoms with van der Waals surface area (Å²) in [5.41, 5.74) is 2.45. The van der Waals surface area contributed by atoms with Gasteiger partial charge in [0.25, 0.3) is 0 Å². The number of aromatic nitrogens is 1. The predicted octanol–water partition coefficient (Wildman–Crippen LogP) is 2.24. The van der Waals surface area contributed by atoms with Crippen molar-refractivity contribution in [3.05, 3.63) is 47.7 Å². The molecule has 1 aliphatic rings. The van der Waals surface area contributed by atoms with Gasteiger partial charge in [-0.25, -0.2) is 13.4 Å². The number of carbonyl (C=O) groups is 2. The Morgan fingerprint density at radius 3 is 2.53 bits per heavy atom. The summed E-state index contributed by atoms with van der Waals surface area (Å²) in [6.07, 6.45) is 2.17. The van der Waals surface area contributed by atoms with E-state index >= 15 is 0 Å². The number of fused-ring (bicyclic) bond motifs is 1. The van der Waals surface area contributed by atoms with Crippen LogP contribution >= 0.6 is 0 Å². The molecule has 0 saturated heterocycles. The van der Waals surface area contributed by atoms with Crippen LogP contribution in [0.5, 0.6) is 0 Å². The molecule has 2 aromatic rings. The Morgan fingerprint density at radius 2 is 1.90 bits per heavy atom. The number of hydrogen-bond donors (Lipinski definition) is 2. The normalized spacial score (nSPS) is 14.5. The van der Waals surface area contributed by atoms with Gasteiger partial charge in [0.2, 0.25) is 21.8 Å². The molecule has 0 fully saturated rings. The number of sulfonamides is 1. The number of anilines is 2. The molecule has 8 nitrogen and oxygen atoms in total. The Bertz CT molecular complexity index is 1080. The molecule has 2 heterocycles. The van der Waals surface area contributed by atoms with Crippen molar-refractivity contribution in [3.8, 4) is 0 Å². The first-order valence-corrected chi connectivity index (χ1v) is 11.2. The maximum Gasteiger partial charge on any atom is 0.243 e. The summed E-state index contributed by atoms with van der Waals surface area (Å²) in [5.74, 6) is -0.474. The van der Waals surface area contributed by atoms with Gasteiger partial charge < -0.3 is 10.2 Å². The summed E-state index contributed by atoms with van der Waals surface area (Å²) < 4.78 is 28.5. The van der Waals surface area contributed by atoms with Crippen LogP contribution in [0, 0.1) is 12.8 Å². The molecule has 0 spiro atoms. The Labute approximate surface area is 176 Å². The van der Waals surface area contributed by atoms with Crippen LogP contribution in [0.2, 0.25) is 0 Å². The van der Waals surface area contributed by atoms with E-state index in [0.29, 0.717) is 18.8 Å². The Kier molecular flexibility index (Phi) is 6.23. The number of benzene rings is 1. The minimum absolute atomic E-state index is 0.0683. The molecule has 0 bridgehead atoms. The molecule has 1 aromatic heterocycles. The number of nitrogens with zero attached hydrogens (tertiary/aromatic N) is 2. The Morgan fingerprint density at radius 1 is 1.17 bits per heavy atom. The zero-order chi connectivity index (χ0) is 22.1. The summed E-state index contributed by atoms with van der Waals surface area (Å²) in [5, 5.41) is 2.68. The third kappa shape index (κ3) is 4.68. The van der Waals surface area contributed by atoms with Crippen LogP contribution in [-0.2, 0) is 26.0 Å². The first kappa shape index (κ1) is 21.9. The quantitative estimate of drug-likeness (QED) is 0.731. The van der Waals surface area contributed by atoms with E-state index in [1.54, 1.807) is 49.2 Å². The minimum Gasteiger partial charge on any atom is -0.312 e. The van der Waals surface area contributed by atoms with E-state index in [2.05, 4.69) is 15.0 Å². The lowest BCUT2D eigenvalue weighted by molar-refractivity contribution is -0.118. The fourth-order valence-corrected chi connectivity index (χ4v) is 4.80. The van der Waals surface area contributed by atoms with Gasteiger partial charge >= 0.3 is 0 Å². The lowest BCUT2D eigenvalue weighted by atomic mass is 10.1. The predicted molar refractivity (Wildman–Crippen MR) is 115 cm³/mol. The van der Waals surface area contributed by atoms with Crippen molar-refractivity contribution in [2.45, 2.75) is 45.1 Å². The molecular weight excluding hydrogens is 404 g/mol. The van der Waals surface area contributed by atoms with E-state index in [0.717, 1.165) is 16.8 Å². The summed E-state index contributed by atoms with van der Waals surface area (Å²) in [4.78, 5) is 30.2. The molecule has 2 amide bonds. The first-order chi connectivity index (χ1) is 14.1. The molecule has 1 aromatic carbocycles. The maximum absolute atomic E-state index is 13.0. The monoisotopic (exact) mass is 430 g/mol. The molecule has 160 valence electrons. The molecule has 1 unspecified atom stereocenters. The van der Waals surface area contributed by atoms with Gasteiger partial charge in [0.15, 0.2) is 0 Å². The number of carbonyl (C=O) groups excluding carboxylic acids is 2. The molecule has 2 N–H and O–H groups in total. The highest BCUT2D eigenvalue weighted by atomic mass is 32.2. The average molecular weight is 431 g/mol. The fraction of sp³-hybridized carbons (Fsp3) is 0.381. The molecule has 0 aliphatic carbocycles. The van der Waals surface area contributed by atoms with E-state index in [-0.39, 0.29) is 16.7 Å². The van der Waals surface area contributed by atoms with E-state index in [9.17, 15) is 18.0 Å². The smallest absolute Gasteiger partial charge is 0.243 e. The van der Waals surface area contributed by atoms with Gasteiger partial charge in [-0.1, -0.05) is 13.8 Å². The van der Waals surface area contributed by atoms with E-state index < -0.39 is 22.0 Å². The standard InChI is InChI=1S/C21H26N4O4S/c1-13(2)20(21(27)23-19-11-14(3)7-9-22-19)24-30(28,29)17-5-6-18-16(12-17)8-10-25(18)15(4)26/h5-7,9,11-13,20,24H,8,10H2,1-4H3,(H,22,23,27). The van der Waals surface area contributed by atoms with Gasteiger partial charge in [0, 0.05) is 25.4 Å².